The van der Waals surface area contributed by atoms with Crippen LogP contribution in [0.1, 0.15) is 6.92 Å². The van der Waals surface area contributed by atoms with Gasteiger partial charge in [0.25, 0.3) is 0 Å². The normalized spacial score (nSPS) is 10.9. The fraction of sp³-hybridized carbons (Fsp3) is 0.0714. The van der Waals surface area contributed by atoms with Crippen LogP contribution in [0.15, 0.2) is 97.1 Å². The highest BCUT2D eigenvalue weighted by Crippen LogP contribution is 2.31. The van der Waals surface area contributed by atoms with Gasteiger partial charge in [0.1, 0.15) is 0 Å². The summed E-state index contributed by atoms with van der Waals surface area (Å²) in [6, 6.07) is 32.4. The molecule has 0 fully saturated rings. The Balaban J connectivity index is 0.000000136. The van der Waals surface area contributed by atoms with Crippen LogP contribution in [0.5, 0.6) is 0 Å². The van der Waals surface area contributed by atoms with E-state index >= 15 is 0 Å². The highest BCUT2D eigenvalue weighted by atomic mass is 35.5. The molecule has 1 N–H and O–H groups in total. The third-order valence-electron chi connectivity index (χ3n) is 5.46. The van der Waals surface area contributed by atoms with Crippen molar-refractivity contribution < 1.29 is 0 Å². The zero-order valence-electron chi connectivity index (χ0n) is 17.7. The molecule has 0 saturated heterocycles. The van der Waals surface area contributed by atoms with Gasteiger partial charge in [0.2, 0.25) is 0 Å². The van der Waals surface area contributed by atoms with E-state index in [1.54, 1.807) is 0 Å². The molecule has 4 aromatic carbocycles. The van der Waals surface area contributed by atoms with Gasteiger partial charge in [0, 0.05) is 28.1 Å². The van der Waals surface area contributed by atoms with Crippen molar-refractivity contribution in [3.8, 4) is 0 Å². The lowest BCUT2D eigenvalue weighted by Crippen LogP contribution is -1.99. The molecule has 3 nitrogen and oxygen atoms in total. The first-order valence-corrected chi connectivity index (χ1v) is 11.1. The van der Waals surface area contributed by atoms with E-state index in [2.05, 4.69) is 58.6 Å². The zero-order valence-corrected chi connectivity index (χ0v) is 18.5. The summed E-state index contributed by atoms with van der Waals surface area (Å²) in [6.07, 6.45) is 0. The maximum absolute atomic E-state index is 6.33. The van der Waals surface area contributed by atoms with Gasteiger partial charge in [-0.2, -0.15) is 0 Å². The van der Waals surface area contributed by atoms with Crippen LogP contribution in [-0.2, 0) is 0 Å². The van der Waals surface area contributed by atoms with E-state index in [-0.39, 0.29) is 0 Å². The summed E-state index contributed by atoms with van der Waals surface area (Å²) in [4.78, 5) is 9.23. The van der Waals surface area contributed by atoms with Gasteiger partial charge in [-0.3, -0.25) is 0 Å². The number of benzene rings is 4. The minimum atomic E-state index is 0.788. The highest BCUT2D eigenvalue weighted by Gasteiger charge is 2.07. The number of fused-ring (bicyclic) bond motifs is 4. The molecule has 2 aromatic heterocycles. The lowest BCUT2D eigenvalue weighted by Gasteiger charge is -2.11. The van der Waals surface area contributed by atoms with Crippen molar-refractivity contribution in [2.45, 2.75) is 6.92 Å². The highest BCUT2D eigenvalue weighted by molar-refractivity contribution is 6.40. The van der Waals surface area contributed by atoms with Gasteiger partial charge in [0.15, 0.2) is 0 Å². The number of nitrogens with one attached hydrogen (secondary N) is 1. The average molecular weight is 436 g/mol. The van der Waals surface area contributed by atoms with Crippen LogP contribution in [-0.4, -0.2) is 16.5 Å². The summed E-state index contributed by atoms with van der Waals surface area (Å²) in [5.41, 5.74) is 5.17. The zero-order chi connectivity index (χ0) is 21.9. The Labute approximate surface area is 191 Å². The number of halogens is 1. The van der Waals surface area contributed by atoms with Crippen molar-refractivity contribution in [3.05, 3.63) is 102 Å². The maximum Gasteiger partial charge on any atom is 0.0730 e. The first kappa shape index (κ1) is 20.2. The van der Waals surface area contributed by atoms with Crippen LogP contribution < -0.4 is 5.32 Å². The number of para-hydroxylation sites is 4. The predicted molar refractivity (Wildman–Crippen MR) is 138 cm³/mol. The molecule has 0 spiro atoms. The Morgan fingerprint density at radius 2 is 0.906 bits per heavy atom. The Hall–Kier alpha value is -3.69. The quantitative estimate of drug-likeness (QED) is 0.281. The van der Waals surface area contributed by atoms with Crippen LogP contribution in [0.3, 0.4) is 0 Å². The minimum Gasteiger partial charge on any atom is -0.384 e. The van der Waals surface area contributed by atoms with Gasteiger partial charge < -0.3 is 5.32 Å². The van der Waals surface area contributed by atoms with Gasteiger partial charge in [-0.1, -0.05) is 84.4 Å². The molecule has 0 aliphatic carbocycles. The maximum atomic E-state index is 6.33. The molecule has 0 saturated carbocycles. The molecular formula is C28H22ClN3. The molecule has 4 heteroatoms. The van der Waals surface area contributed by atoms with Crippen molar-refractivity contribution in [2.24, 2.45) is 0 Å². The smallest absolute Gasteiger partial charge is 0.0730 e. The average Bonchev–Trinajstić information content (AvgIpc) is 2.85. The molecule has 0 unspecified atom stereocenters. The van der Waals surface area contributed by atoms with Crippen molar-refractivity contribution >= 4 is 60.9 Å². The van der Waals surface area contributed by atoms with Crippen molar-refractivity contribution in [3.63, 3.8) is 0 Å². The van der Waals surface area contributed by atoms with E-state index in [1.807, 2.05) is 60.7 Å². The predicted octanol–water partition coefficient (Wildman–Crippen LogP) is 7.86. The molecule has 0 aliphatic rings. The van der Waals surface area contributed by atoms with Gasteiger partial charge in [-0.25, -0.2) is 9.97 Å². The largest absolute Gasteiger partial charge is 0.384 e. The Morgan fingerprint density at radius 1 is 0.562 bits per heavy atom. The molecule has 6 aromatic rings. The molecule has 6 rings (SSSR count). The molecular weight excluding hydrogens is 414 g/mol. The summed E-state index contributed by atoms with van der Waals surface area (Å²) < 4.78 is 0. The number of anilines is 1. The number of pyridine rings is 2. The van der Waals surface area contributed by atoms with Crippen molar-refractivity contribution in [1.29, 1.82) is 0 Å². The lowest BCUT2D eigenvalue weighted by atomic mass is 10.1. The second-order valence-electron chi connectivity index (χ2n) is 7.51. The Kier molecular flexibility index (Phi) is 5.57. The SMILES string of the molecule is CCNc1c2ccccc2nc2ccccc12.Clc1c2ccccc2nc2ccccc12. The molecule has 0 amide bonds. The van der Waals surface area contributed by atoms with Crippen molar-refractivity contribution in [2.75, 3.05) is 11.9 Å². The van der Waals surface area contributed by atoms with Gasteiger partial charge >= 0.3 is 0 Å². The molecule has 156 valence electrons. The first-order valence-electron chi connectivity index (χ1n) is 10.7. The monoisotopic (exact) mass is 435 g/mol. The summed E-state index contributed by atoms with van der Waals surface area (Å²) in [7, 11) is 0. The van der Waals surface area contributed by atoms with Crippen LogP contribution in [0.2, 0.25) is 5.02 Å². The third-order valence-corrected chi connectivity index (χ3v) is 5.87. The van der Waals surface area contributed by atoms with Crippen molar-refractivity contribution in [1.82, 2.24) is 9.97 Å². The summed E-state index contributed by atoms with van der Waals surface area (Å²) in [5, 5.41) is 8.64. The molecule has 0 bridgehead atoms. The number of hydrogen-bond donors (Lipinski definition) is 1. The Bertz CT molecular complexity index is 1450. The minimum absolute atomic E-state index is 0.788. The van der Waals surface area contributed by atoms with E-state index < -0.39 is 0 Å². The summed E-state index contributed by atoms with van der Waals surface area (Å²) in [6.45, 7) is 3.03. The van der Waals surface area contributed by atoms with E-state index in [1.165, 1.54) is 16.5 Å². The third kappa shape index (κ3) is 3.72. The van der Waals surface area contributed by atoms with E-state index in [0.29, 0.717) is 0 Å². The fourth-order valence-corrected chi connectivity index (χ4v) is 4.32. The van der Waals surface area contributed by atoms with E-state index in [0.717, 1.165) is 44.4 Å². The number of nitrogens with zero attached hydrogens (tertiary/aromatic N) is 2. The van der Waals surface area contributed by atoms with Crippen LogP contribution in [0.25, 0.3) is 43.6 Å². The molecule has 0 aliphatic heterocycles. The van der Waals surface area contributed by atoms with Gasteiger partial charge in [-0.15, -0.1) is 0 Å². The number of aromatic nitrogens is 2. The van der Waals surface area contributed by atoms with Gasteiger partial charge in [0.05, 0.1) is 32.8 Å². The lowest BCUT2D eigenvalue weighted by molar-refractivity contribution is 1.22. The Morgan fingerprint density at radius 3 is 1.31 bits per heavy atom. The molecule has 32 heavy (non-hydrogen) atoms. The molecule has 2 heterocycles. The van der Waals surface area contributed by atoms with Crippen LogP contribution in [0.4, 0.5) is 5.69 Å². The standard InChI is InChI=1S/C15H14N2.C13H8ClN/c1-2-16-15-11-7-3-5-9-13(11)17-14-10-6-4-8-12(14)15;14-13-9-5-1-3-7-11(9)15-12-8-4-2-6-10(12)13/h3-10H,2H2,1H3,(H,16,17);1-8H. The van der Waals surface area contributed by atoms with Crippen LogP contribution >= 0.6 is 11.6 Å². The second kappa shape index (κ2) is 8.81. The molecule has 0 atom stereocenters. The number of rotatable bonds is 2. The van der Waals surface area contributed by atoms with Gasteiger partial charge in [-0.05, 0) is 31.2 Å². The molecule has 0 radical (unpaired) electrons. The van der Waals surface area contributed by atoms with E-state index in [4.69, 9.17) is 11.6 Å². The number of hydrogen-bond acceptors (Lipinski definition) is 3. The summed E-state index contributed by atoms with van der Waals surface area (Å²) >= 11 is 6.33. The van der Waals surface area contributed by atoms with E-state index in [9.17, 15) is 0 Å². The first-order chi connectivity index (χ1) is 15.8. The fourth-order valence-electron chi connectivity index (χ4n) is 4.00. The second-order valence-corrected chi connectivity index (χ2v) is 7.89. The van der Waals surface area contributed by atoms with Crippen LogP contribution in [0, 0.1) is 0 Å². The topological polar surface area (TPSA) is 37.8 Å². The summed E-state index contributed by atoms with van der Waals surface area (Å²) in [5.74, 6) is 0.